The van der Waals surface area contributed by atoms with E-state index in [-0.39, 0.29) is 17.9 Å². The second kappa shape index (κ2) is 6.45. The van der Waals surface area contributed by atoms with Crippen molar-refractivity contribution < 1.29 is 9.53 Å². The Morgan fingerprint density at radius 3 is 2.87 bits per heavy atom. The third kappa shape index (κ3) is 3.24. The van der Waals surface area contributed by atoms with Crippen LogP contribution in [0.5, 0.6) is 5.88 Å². The molecule has 23 heavy (non-hydrogen) atoms. The van der Waals surface area contributed by atoms with E-state index in [1.54, 1.807) is 41.4 Å². The van der Waals surface area contributed by atoms with Crippen LogP contribution in [0.15, 0.2) is 36.5 Å². The van der Waals surface area contributed by atoms with Crippen molar-refractivity contribution in [2.75, 3.05) is 13.1 Å². The molecule has 2 heterocycles. The number of nitriles is 1. The van der Waals surface area contributed by atoms with Crippen LogP contribution in [0.3, 0.4) is 0 Å². The van der Waals surface area contributed by atoms with Crippen LogP contribution in [0.2, 0.25) is 10.0 Å². The SMILES string of the molecule is N#Cc1cccnc1OC1CN(C(=O)c2cc(Cl)ccc2Cl)C1. The van der Waals surface area contributed by atoms with Gasteiger partial charge in [-0.1, -0.05) is 23.2 Å². The van der Waals surface area contributed by atoms with Crippen LogP contribution < -0.4 is 4.74 Å². The van der Waals surface area contributed by atoms with Crippen LogP contribution in [0.4, 0.5) is 0 Å². The zero-order valence-corrected chi connectivity index (χ0v) is 13.4. The molecule has 1 amide bonds. The van der Waals surface area contributed by atoms with E-state index in [4.69, 9.17) is 33.2 Å². The number of hydrogen-bond donors (Lipinski definition) is 0. The summed E-state index contributed by atoms with van der Waals surface area (Å²) in [4.78, 5) is 18.0. The fraction of sp³-hybridized carbons (Fsp3) is 0.188. The quantitative estimate of drug-likeness (QED) is 0.855. The first-order chi connectivity index (χ1) is 11.1. The Morgan fingerprint density at radius 1 is 1.35 bits per heavy atom. The molecule has 7 heteroatoms. The molecule has 116 valence electrons. The van der Waals surface area contributed by atoms with Crippen LogP contribution in [-0.4, -0.2) is 35.0 Å². The Morgan fingerprint density at radius 2 is 2.13 bits per heavy atom. The Kier molecular flexibility index (Phi) is 4.37. The molecule has 2 aromatic rings. The Balaban J connectivity index is 1.64. The number of pyridine rings is 1. The number of rotatable bonds is 3. The van der Waals surface area contributed by atoms with Crippen molar-refractivity contribution in [2.45, 2.75) is 6.10 Å². The number of carbonyl (C=O) groups is 1. The van der Waals surface area contributed by atoms with Crippen molar-refractivity contribution in [3.63, 3.8) is 0 Å². The summed E-state index contributed by atoms with van der Waals surface area (Å²) in [5, 5.41) is 9.82. The summed E-state index contributed by atoms with van der Waals surface area (Å²) in [7, 11) is 0. The molecule has 0 radical (unpaired) electrons. The molecular weight excluding hydrogens is 337 g/mol. The smallest absolute Gasteiger partial charge is 0.255 e. The number of benzene rings is 1. The minimum absolute atomic E-state index is 0.195. The van der Waals surface area contributed by atoms with Gasteiger partial charge in [0, 0.05) is 11.2 Å². The summed E-state index contributed by atoms with van der Waals surface area (Å²) in [6.07, 6.45) is 1.36. The van der Waals surface area contributed by atoms with Gasteiger partial charge in [0.05, 0.1) is 23.7 Å². The van der Waals surface area contributed by atoms with E-state index < -0.39 is 0 Å². The molecule has 1 aliphatic rings. The van der Waals surface area contributed by atoms with Gasteiger partial charge in [0.15, 0.2) is 0 Å². The van der Waals surface area contributed by atoms with Crippen molar-refractivity contribution in [1.29, 1.82) is 5.26 Å². The van der Waals surface area contributed by atoms with E-state index >= 15 is 0 Å². The first-order valence-electron chi connectivity index (χ1n) is 6.84. The number of aromatic nitrogens is 1. The maximum absolute atomic E-state index is 12.4. The molecule has 1 saturated heterocycles. The monoisotopic (exact) mass is 347 g/mol. The molecular formula is C16H11Cl2N3O2. The predicted octanol–water partition coefficient (Wildman–Crippen LogP) is 3.16. The number of carbonyl (C=O) groups excluding carboxylic acids is 1. The molecule has 1 aromatic carbocycles. The molecule has 0 N–H and O–H groups in total. The standard InChI is InChI=1S/C16H11Cl2N3O2/c17-11-3-4-14(18)13(6-11)16(22)21-8-12(9-21)23-15-10(7-19)2-1-5-20-15/h1-6,12H,8-9H2. The number of halogens is 2. The number of hydrogen-bond acceptors (Lipinski definition) is 4. The average Bonchev–Trinajstić information content (AvgIpc) is 2.52. The van der Waals surface area contributed by atoms with Gasteiger partial charge in [-0.15, -0.1) is 0 Å². The van der Waals surface area contributed by atoms with E-state index in [0.29, 0.717) is 34.3 Å². The van der Waals surface area contributed by atoms with Gasteiger partial charge >= 0.3 is 0 Å². The van der Waals surface area contributed by atoms with Gasteiger partial charge in [-0.25, -0.2) is 4.98 Å². The highest BCUT2D eigenvalue weighted by atomic mass is 35.5. The summed E-state index contributed by atoms with van der Waals surface area (Å²) in [5.41, 5.74) is 0.739. The van der Waals surface area contributed by atoms with E-state index in [9.17, 15) is 4.79 Å². The summed E-state index contributed by atoms with van der Waals surface area (Å²) in [6.45, 7) is 0.812. The van der Waals surface area contributed by atoms with Crippen LogP contribution in [0, 0.1) is 11.3 Å². The normalized spacial score (nSPS) is 14.0. The van der Waals surface area contributed by atoms with Gasteiger partial charge in [0.1, 0.15) is 17.7 Å². The lowest BCUT2D eigenvalue weighted by Crippen LogP contribution is -2.56. The average molecular weight is 348 g/mol. The van der Waals surface area contributed by atoms with Crippen LogP contribution in [0.25, 0.3) is 0 Å². The van der Waals surface area contributed by atoms with Crippen LogP contribution in [0.1, 0.15) is 15.9 Å². The van der Waals surface area contributed by atoms with Crippen molar-refractivity contribution in [1.82, 2.24) is 9.88 Å². The second-order valence-electron chi connectivity index (χ2n) is 5.04. The van der Waals surface area contributed by atoms with Gasteiger partial charge in [-0.05, 0) is 30.3 Å². The molecule has 0 bridgehead atoms. The first-order valence-corrected chi connectivity index (χ1v) is 7.60. The minimum atomic E-state index is -0.195. The second-order valence-corrected chi connectivity index (χ2v) is 5.89. The Hall–Kier alpha value is -2.29. The van der Waals surface area contributed by atoms with Gasteiger partial charge in [-0.2, -0.15) is 5.26 Å². The van der Waals surface area contributed by atoms with Gasteiger partial charge < -0.3 is 9.64 Å². The first kappa shape index (κ1) is 15.6. The molecule has 1 fully saturated rings. The van der Waals surface area contributed by atoms with Crippen molar-refractivity contribution >= 4 is 29.1 Å². The highest BCUT2D eigenvalue weighted by molar-refractivity contribution is 6.35. The van der Waals surface area contributed by atoms with Crippen molar-refractivity contribution in [3.8, 4) is 11.9 Å². The zero-order valence-electron chi connectivity index (χ0n) is 11.9. The third-order valence-corrected chi connectivity index (χ3v) is 4.03. The highest BCUT2D eigenvalue weighted by Crippen LogP contribution is 2.25. The van der Waals surface area contributed by atoms with Gasteiger partial charge in [0.25, 0.3) is 5.91 Å². The third-order valence-electron chi connectivity index (χ3n) is 3.46. The summed E-state index contributed by atoms with van der Waals surface area (Å²) < 4.78 is 5.66. The lowest BCUT2D eigenvalue weighted by Gasteiger charge is -2.38. The number of amides is 1. The fourth-order valence-corrected chi connectivity index (χ4v) is 2.61. The maximum Gasteiger partial charge on any atom is 0.255 e. The van der Waals surface area contributed by atoms with Crippen LogP contribution >= 0.6 is 23.2 Å². The van der Waals surface area contributed by atoms with Crippen LogP contribution in [-0.2, 0) is 0 Å². The molecule has 0 atom stereocenters. The summed E-state index contributed by atoms with van der Waals surface area (Å²) >= 11 is 11.9. The number of nitrogens with zero attached hydrogens (tertiary/aromatic N) is 3. The Bertz CT molecular complexity index is 798. The molecule has 3 rings (SSSR count). The van der Waals surface area contributed by atoms with E-state index in [1.807, 2.05) is 6.07 Å². The topological polar surface area (TPSA) is 66.2 Å². The molecule has 0 unspecified atom stereocenters. The molecule has 1 aliphatic heterocycles. The Labute approximate surface area is 143 Å². The number of likely N-dealkylation sites (tertiary alicyclic amines) is 1. The predicted molar refractivity (Wildman–Crippen MR) is 85.7 cm³/mol. The molecule has 0 spiro atoms. The van der Waals surface area contributed by atoms with Crippen molar-refractivity contribution in [3.05, 3.63) is 57.7 Å². The van der Waals surface area contributed by atoms with E-state index in [0.717, 1.165) is 0 Å². The highest BCUT2D eigenvalue weighted by Gasteiger charge is 2.34. The lowest BCUT2D eigenvalue weighted by atomic mass is 10.1. The minimum Gasteiger partial charge on any atom is -0.470 e. The molecule has 1 aromatic heterocycles. The lowest BCUT2D eigenvalue weighted by molar-refractivity contribution is 0.0159. The van der Waals surface area contributed by atoms with Crippen molar-refractivity contribution in [2.24, 2.45) is 0 Å². The molecule has 5 nitrogen and oxygen atoms in total. The van der Waals surface area contributed by atoms with E-state index in [1.165, 1.54) is 0 Å². The van der Waals surface area contributed by atoms with E-state index in [2.05, 4.69) is 4.98 Å². The van der Waals surface area contributed by atoms with Gasteiger partial charge in [-0.3, -0.25) is 4.79 Å². The molecule has 0 saturated carbocycles. The zero-order chi connectivity index (χ0) is 16.4. The largest absolute Gasteiger partial charge is 0.470 e. The summed E-state index contributed by atoms with van der Waals surface area (Å²) in [5.74, 6) is 0.0896. The number of ether oxygens (including phenoxy) is 1. The maximum atomic E-state index is 12.4. The molecule has 0 aliphatic carbocycles. The van der Waals surface area contributed by atoms with Gasteiger partial charge in [0.2, 0.25) is 5.88 Å². The fourth-order valence-electron chi connectivity index (χ4n) is 2.24. The summed E-state index contributed by atoms with van der Waals surface area (Å²) in [6, 6.07) is 10.1.